The van der Waals surface area contributed by atoms with Crippen LogP contribution in [0.4, 0.5) is 0 Å². The number of hydrogen-bond acceptors (Lipinski definition) is 3. The van der Waals surface area contributed by atoms with Gasteiger partial charge in [-0.05, 0) is 13.3 Å². The van der Waals surface area contributed by atoms with Crippen LogP contribution in [0.15, 0.2) is 11.6 Å². The van der Waals surface area contributed by atoms with Crippen LogP contribution in [-0.4, -0.2) is 36.2 Å². The van der Waals surface area contributed by atoms with Gasteiger partial charge in [0, 0.05) is 5.57 Å². The van der Waals surface area contributed by atoms with E-state index in [0.717, 1.165) is 6.42 Å². The maximum atomic E-state index is 11.6. The third-order valence-corrected chi connectivity index (χ3v) is 2.58. The van der Waals surface area contributed by atoms with E-state index in [1.54, 1.807) is 13.0 Å². The van der Waals surface area contributed by atoms with Crippen LogP contribution in [0.25, 0.3) is 0 Å². The summed E-state index contributed by atoms with van der Waals surface area (Å²) in [5.41, 5.74) is 0.610. The first-order valence-electron chi connectivity index (χ1n) is 5.34. The lowest BCUT2D eigenvalue weighted by Crippen LogP contribution is -2.43. The van der Waals surface area contributed by atoms with Crippen molar-refractivity contribution in [1.82, 2.24) is 5.32 Å². The summed E-state index contributed by atoms with van der Waals surface area (Å²) in [6.07, 6.45) is 2.59. The summed E-state index contributed by atoms with van der Waals surface area (Å²) in [4.78, 5) is 22.5. The normalized spacial score (nSPS) is 25.5. The molecular formula is C11H17NO4. The van der Waals surface area contributed by atoms with Gasteiger partial charge in [0.1, 0.15) is 5.92 Å². The molecular weight excluding hydrogens is 210 g/mol. The second-order valence-electron chi connectivity index (χ2n) is 3.86. The Morgan fingerprint density at radius 2 is 2.19 bits per heavy atom. The van der Waals surface area contributed by atoms with E-state index in [2.05, 4.69) is 5.32 Å². The van der Waals surface area contributed by atoms with E-state index in [4.69, 9.17) is 9.84 Å². The summed E-state index contributed by atoms with van der Waals surface area (Å²) < 4.78 is 5.06. The van der Waals surface area contributed by atoms with Gasteiger partial charge >= 0.3 is 5.97 Å². The van der Waals surface area contributed by atoms with Gasteiger partial charge < -0.3 is 15.2 Å². The Bertz CT molecular complexity index is 311. The summed E-state index contributed by atoms with van der Waals surface area (Å²) >= 11 is 0. The van der Waals surface area contributed by atoms with Crippen LogP contribution in [0.2, 0.25) is 0 Å². The maximum Gasteiger partial charge on any atom is 0.311 e. The molecule has 0 bridgehead atoms. The number of allylic oxidation sites excluding steroid dienone is 1. The van der Waals surface area contributed by atoms with E-state index >= 15 is 0 Å². The Hall–Kier alpha value is -1.36. The average Bonchev–Trinajstić information content (AvgIpc) is 2.66. The third-order valence-electron chi connectivity index (χ3n) is 2.58. The molecule has 16 heavy (non-hydrogen) atoms. The minimum absolute atomic E-state index is 0.164. The fraction of sp³-hybridized carbons (Fsp3) is 0.636. The van der Waals surface area contributed by atoms with Gasteiger partial charge in [0.05, 0.1) is 19.3 Å². The predicted octanol–water partition coefficient (Wildman–Crippen LogP) is 0.558. The highest BCUT2D eigenvalue weighted by Crippen LogP contribution is 2.14. The Morgan fingerprint density at radius 1 is 1.50 bits per heavy atom. The predicted molar refractivity (Wildman–Crippen MR) is 57.9 cm³/mol. The minimum atomic E-state index is -0.931. The van der Waals surface area contributed by atoms with E-state index in [9.17, 15) is 9.59 Å². The number of carbonyl (C=O) groups is 2. The molecule has 1 aliphatic rings. The Morgan fingerprint density at radius 3 is 2.75 bits per heavy atom. The van der Waals surface area contributed by atoms with Crippen LogP contribution >= 0.6 is 0 Å². The van der Waals surface area contributed by atoms with E-state index in [1.807, 2.05) is 6.92 Å². The van der Waals surface area contributed by atoms with Gasteiger partial charge in [-0.1, -0.05) is 13.0 Å². The molecule has 5 nitrogen and oxygen atoms in total. The summed E-state index contributed by atoms with van der Waals surface area (Å²) in [5, 5.41) is 11.6. The first-order chi connectivity index (χ1) is 7.56. The van der Waals surface area contributed by atoms with E-state index in [0.29, 0.717) is 5.57 Å². The molecule has 0 aromatic carbocycles. The smallest absolute Gasteiger partial charge is 0.311 e. The SMILES string of the molecule is CCC=C(C)C(=O)NC1COCC1C(=O)O. The first kappa shape index (κ1) is 12.7. The van der Waals surface area contributed by atoms with Crippen LogP contribution in [0.3, 0.4) is 0 Å². The number of carboxylic acid groups (broad SMARTS) is 1. The number of carboxylic acids is 1. The molecule has 2 atom stereocenters. The van der Waals surface area contributed by atoms with Gasteiger partial charge in [0.2, 0.25) is 5.91 Å². The molecule has 1 aliphatic heterocycles. The molecule has 1 heterocycles. The summed E-state index contributed by atoms with van der Waals surface area (Å²) in [6.45, 7) is 4.08. The van der Waals surface area contributed by atoms with Crippen LogP contribution in [-0.2, 0) is 14.3 Å². The zero-order valence-corrected chi connectivity index (χ0v) is 9.53. The second kappa shape index (κ2) is 5.65. The van der Waals surface area contributed by atoms with E-state index in [1.165, 1.54) is 0 Å². The monoisotopic (exact) mass is 227 g/mol. The van der Waals surface area contributed by atoms with Crippen molar-refractivity contribution in [2.24, 2.45) is 5.92 Å². The van der Waals surface area contributed by atoms with Crippen molar-refractivity contribution in [1.29, 1.82) is 0 Å². The fourth-order valence-electron chi connectivity index (χ4n) is 1.62. The maximum absolute atomic E-state index is 11.6. The molecule has 5 heteroatoms. The van der Waals surface area contributed by atoms with Gasteiger partial charge in [-0.25, -0.2) is 0 Å². The van der Waals surface area contributed by atoms with Gasteiger partial charge in [-0.15, -0.1) is 0 Å². The Labute approximate surface area is 94.5 Å². The Balaban J connectivity index is 2.57. The molecule has 0 aromatic rings. The molecule has 0 radical (unpaired) electrons. The highest BCUT2D eigenvalue weighted by molar-refractivity contribution is 5.93. The summed E-state index contributed by atoms with van der Waals surface area (Å²) in [5.74, 6) is -1.79. The van der Waals surface area contributed by atoms with Crippen molar-refractivity contribution >= 4 is 11.9 Å². The number of nitrogens with one attached hydrogen (secondary N) is 1. The fourth-order valence-corrected chi connectivity index (χ4v) is 1.62. The molecule has 1 saturated heterocycles. The molecule has 0 spiro atoms. The minimum Gasteiger partial charge on any atom is -0.481 e. The van der Waals surface area contributed by atoms with Gasteiger partial charge in [-0.3, -0.25) is 9.59 Å². The highest BCUT2D eigenvalue weighted by atomic mass is 16.5. The molecule has 0 saturated carbocycles. The van der Waals surface area contributed by atoms with Crippen LogP contribution < -0.4 is 5.32 Å². The van der Waals surface area contributed by atoms with Crippen molar-refractivity contribution in [2.45, 2.75) is 26.3 Å². The Kier molecular flexibility index (Phi) is 4.49. The first-order valence-corrected chi connectivity index (χ1v) is 5.34. The molecule has 1 amide bonds. The lowest BCUT2D eigenvalue weighted by Gasteiger charge is -2.15. The molecule has 0 aliphatic carbocycles. The van der Waals surface area contributed by atoms with E-state index < -0.39 is 17.9 Å². The number of carbonyl (C=O) groups excluding carboxylic acids is 1. The second-order valence-corrected chi connectivity index (χ2v) is 3.86. The van der Waals surface area contributed by atoms with Crippen molar-refractivity contribution in [2.75, 3.05) is 13.2 Å². The van der Waals surface area contributed by atoms with Crippen LogP contribution in [0, 0.1) is 5.92 Å². The largest absolute Gasteiger partial charge is 0.481 e. The number of rotatable bonds is 4. The van der Waals surface area contributed by atoms with Crippen molar-refractivity contribution in [3.05, 3.63) is 11.6 Å². The van der Waals surface area contributed by atoms with Crippen LogP contribution in [0.1, 0.15) is 20.3 Å². The molecule has 90 valence electrons. The third kappa shape index (κ3) is 3.06. The number of hydrogen-bond donors (Lipinski definition) is 2. The quantitative estimate of drug-likeness (QED) is 0.688. The number of amides is 1. The van der Waals surface area contributed by atoms with Gasteiger partial charge in [0.25, 0.3) is 0 Å². The average molecular weight is 227 g/mol. The van der Waals surface area contributed by atoms with Crippen molar-refractivity contribution in [3.8, 4) is 0 Å². The highest BCUT2D eigenvalue weighted by Gasteiger charge is 2.35. The topological polar surface area (TPSA) is 75.6 Å². The standard InChI is InChI=1S/C11H17NO4/c1-3-4-7(2)10(13)12-9-6-16-5-8(9)11(14)15/h4,8-9H,3,5-6H2,1-2H3,(H,12,13)(H,14,15). The van der Waals surface area contributed by atoms with Gasteiger partial charge in [0.15, 0.2) is 0 Å². The summed E-state index contributed by atoms with van der Waals surface area (Å²) in [6, 6.07) is -0.426. The molecule has 1 fully saturated rings. The summed E-state index contributed by atoms with van der Waals surface area (Å²) in [7, 11) is 0. The molecule has 1 rings (SSSR count). The molecule has 2 N–H and O–H groups in total. The lowest BCUT2D eigenvalue weighted by atomic mass is 10.0. The molecule has 2 unspecified atom stereocenters. The van der Waals surface area contributed by atoms with E-state index in [-0.39, 0.29) is 19.1 Å². The van der Waals surface area contributed by atoms with Crippen molar-refractivity contribution < 1.29 is 19.4 Å². The number of ether oxygens (including phenoxy) is 1. The zero-order valence-electron chi connectivity index (χ0n) is 9.53. The zero-order chi connectivity index (χ0) is 12.1. The van der Waals surface area contributed by atoms with Crippen LogP contribution in [0.5, 0.6) is 0 Å². The van der Waals surface area contributed by atoms with Gasteiger partial charge in [-0.2, -0.15) is 0 Å². The number of aliphatic carboxylic acids is 1. The molecule has 0 aromatic heterocycles. The lowest BCUT2D eigenvalue weighted by molar-refractivity contribution is -0.142. The van der Waals surface area contributed by atoms with Crippen molar-refractivity contribution in [3.63, 3.8) is 0 Å².